The minimum atomic E-state index is -1.07. The molecule has 1 saturated heterocycles. The molecule has 7 rings (SSSR count). The molecule has 0 spiro atoms. The minimum absolute atomic E-state index is 0.127. The van der Waals surface area contributed by atoms with Gasteiger partial charge in [0.1, 0.15) is 12.4 Å². The third-order valence-corrected chi connectivity index (χ3v) is 10.8. The van der Waals surface area contributed by atoms with Crippen LogP contribution >= 0.6 is 23.1 Å². The second-order valence-corrected chi connectivity index (χ2v) is 13.9. The molecule has 1 aromatic heterocycles. The Kier molecular flexibility index (Phi) is 10.1. The molecule has 1 N–H and O–H groups in total. The van der Waals surface area contributed by atoms with E-state index in [1.807, 2.05) is 48.5 Å². The topological polar surface area (TPSA) is 120 Å². The van der Waals surface area contributed by atoms with Crippen LogP contribution in [0.15, 0.2) is 119 Å². The lowest BCUT2D eigenvalue weighted by Gasteiger charge is -2.23. The number of aliphatic hydroxyl groups is 1. The highest BCUT2D eigenvalue weighted by molar-refractivity contribution is 8.00. The van der Waals surface area contributed by atoms with Crippen LogP contribution in [-0.4, -0.2) is 48.3 Å². The number of amides is 1. The Morgan fingerprint density at radius 2 is 1.50 bits per heavy atom. The summed E-state index contributed by atoms with van der Waals surface area (Å²) in [6, 6.07) is 32.9. The van der Waals surface area contributed by atoms with E-state index in [4.69, 9.17) is 18.9 Å². The van der Waals surface area contributed by atoms with Gasteiger partial charge in [-0.3, -0.25) is 14.5 Å². The van der Waals surface area contributed by atoms with Crippen molar-refractivity contribution in [3.05, 3.63) is 137 Å². The van der Waals surface area contributed by atoms with Gasteiger partial charge < -0.3 is 24.1 Å². The zero-order chi connectivity index (χ0) is 36.2. The van der Waals surface area contributed by atoms with Gasteiger partial charge in [0.2, 0.25) is 5.13 Å². The molecule has 5 aromatic carbocycles. The Balaban J connectivity index is 1.27. The number of hydrogen-bond donors (Lipinski definition) is 1. The van der Waals surface area contributed by atoms with E-state index in [1.54, 1.807) is 36.4 Å². The van der Waals surface area contributed by atoms with Crippen LogP contribution in [0.3, 0.4) is 0 Å². The van der Waals surface area contributed by atoms with Gasteiger partial charge in [-0.25, -0.2) is 0 Å². The van der Waals surface area contributed by atoms with Crippen molar-refractivity contribution in [2.75, 3.05) is 26.2 Å². The van der Waals surface area contributed by atoms with Gasteiger partial charge in [0.15, 0.2) is 27.3 Å². The van der Waals surface area contributed by atoms with Gasteiger partial charge in [0.05, 0.1) is 32.9 Å². The minimum Gasteiger partial charge on any atom is -0.507 e. The lowest BCUT2D eigenvalue weighted by Crippen LogP contribution is -2.29. The summed E-state index contributed by atoms with van der Waals surface area (Å²) >= 11 is 2.68. The Morgan fingerprint density at radius 1 is 0.788 bits per heavy atom. The standard InChI is InChI=1S/C40H33N3O7S2/c1-47-30-18-17-27(21-32(30)48-2)36(44)34-35(26-16-19-31(33(20-26)49-3)50-22-24-10-5-4-6-11-24)43(38(46)37(34)45)39-41-42-40(52-39)51-23-28-14-9-13-25-12-7-8-15-29(25)28/h4-21,35,44H,22-23H2,1-3H3. The summed E-state index contributed by atoms with van der Waals surface area (Å²) in [6.45, 7) is 0.304. The molecule has 0 bridgehead atoms. The fourth-order valence-electron chi connectivity index (χ4n) is 6.11. The first-order valence-corrected chi connectivity index (χ1v) is 18.0. The summed E-state index contributed by atoms with van der Waals surface area (Å²) < 4.78 is 23.2. The number of anilines is 1. The number of ketones is 1. The van der Waals surface area contributed by atoms with Crippen molar-refractivity contribution in [1.29, 1.82) is 0 Å². The molecular formula is C40H33N3O7S2. The van der Waals surface area contributed by atoms with Gasteiger partial charge in [-0.2, -0.15) is 0 Å². The van der Waals surface area contributed by atoms with Crippen molar-refractivity contribution in [3.8, 4) is 23.0 Å². The molecule has 1 aliphatic rings. The number of Topliss-reactive ketones (excluding diaryl/α,β-unsaturated/α-hetero) is 1. The number of ether oxygens (including phenoxy) is 4. The maximum absolute atomic E-state index is 13.9. The van der Waals surface area contributed by atoms with Crippen molar-refractivity contribution < 1.29 is 33.6 Å². The van der Waals surface area contributed by atoms with Crippen LogP contribution in [0.2, 0.25) is 0 Å². The lowest BCUT2D eigenvalue weighted by molar-refractivity contribution is -0.132. The van der Waals surface area contributed by atoms with Crippen LogP contribution in [0, 0.1) is 0 Å². The number of fused-ring (bicyclic) bond motifs is 1. The van der Waals surface area contributed by atoms with E-state index in [0.29, 0.717) is 45.3 Å². The normalized spacial score (nSPS) is 15.2. The number of carbonyl (C=O) groups is 2. The number of benzene rings is 5. The van der Waals surface area contributed by atoms with E-state index in [2.05, 4.69) is 34.5 Å². The molecule has 2 heterocycles. The van der Waals surface area contributed by atoms with Crippen LogP contribution in [0.4, 0.5) is 5.13 Å². The van der Waals surface area contributed by atoms with Crippen molar-refractivity contribution in [1.82, 2.24) is 10.2 Å². The number of aliphatic hydroxyl groups excluding tert-OH is 1. The molecule has 0 aliphatic carbocycles. The first kappa shape index (κ1) is 34.6. The second kappa shape index (κ2) is 15.2. The molecule has 10 nitrogen and oxygen atoms in total. The molecule has 0 radical (unpaired) electrons. The van der Waals surface area contributed by atoms with Crippen LogP contribution in [0.25, 0.3) is 16.5 Å². The Hall–Kier alpha value is -5.85. The molecule has 1 fully saturated rings. The highest BCUT2D eigenvalue weighted by Gasteiger charge is 2.48. The average molecular weight is 732 g/mol. The quantitative estimate of drug-likeness (QED) is 0.0434. The summed E-state index contributed by atoms with van der Waals surface area (Å²) in [5.74, 6) is 0.149. The maximum Gasteiger partial charge on any atom is 0.301 e. The van der Waals surface area contributed by atoms with Gasteiger partial charge in [0, 0.05) is 11.3 Å². The fraction of sp³-hybridized carbons (Fsp3) is 0.150. The molecule has 52 heavy (non-hydrogen) atoms. The predicted octanol–water partition coefficient (Wildman–Crippen LogP) is 8.21. The number of thioether (sulfide) groups is 1. The fourth-order valence-corrected chi connectivity index (χ4v) is 7.98. The summed E-state index contributed by atoms with van der Waals surface area (Å²) in [6.07, 6.45) is 0. The van der Waals surface area contributed by atoms with E-state index >= 15 is 0 Å². The first-order valence-electron chi connectivity index (χ1n) is 16.2. The number of nitrogens with zero attached hydrogens (tertiary/aromatic N) is 3. The van der Waals surface area contributed by atoms with E-state index in [-0.39, 0.29) is 22.0 Å². The van der Waals surface area contributed by atoms with E-state index in [9.17, 15) is 14.7 Å². The SMILES string of the molecule is COc1ccc(C(O)=C2C(=O)C(=O)N(c3nnc(SCc4cccc5ccccc45)s3)C2c2ccc(OCc3ccccc3)c(OC)c2)cc1OC. The van der Waals surface area contributed by atoms with Gasteiger partial charge in [0.25, 0.3) is 5.78 Å². The van der Waals surface area contributed by atoms with E-state index in [0.717, 1.165) is 21.9 Å². The van der Waals surface area contributed by atoms with Crippen molar-refractivity contribution in [2.24, 2.45) is 0 Å². The summed E-state index contributed by atoms with van der Waals surface area (Å²) in [4.78, 5) is 29.1. The maximum atomic E-state index is 13.9. The third-order valence-electron chi connectivity index (χ3n) is 8.67. The molecule has 0 saturated carbocycles. The zero-order valence-electron chi connectivity index (χ0n) is 28.4. The summed E-state index contributed by atoms with van der Waals surface area (Å²) in [5.41, 5.74) is 2.74. The number of methoxy groups -OCH3 is 3. The Bertz CT molecular complexity index is 2300. The second-order valence-electron chi connectivity index (χ2n) is 11.7. The Morgan fingerprint density at radius 3 is 2.29 bits per heavy atom. The zero-order valence-corrected chi connectivity index (χ0v) is 30.1. The molecule has 6 aromatic rings. The molecule has 1 amide bonds. The summed E-state index contributed by atoms with van der Waals surface area (Å²) in [7, 11) is 4.49. The van der Waals surface area contributed by atoms with E-state index in [1.165, 1.54) is 49.3 Å². The first-order chi connectivity index (χ1) is 25.4. The Labute approximate surface area is 308 Å². The van der Waals surface area contributed by atoms with Gasteiger partial charge in [-0.1, -0.05) is 102 Å². The van der Waals surface area contributed by atoms with Crippen LogP contribution < -0.4 is 23.8 Å². The molecule has 1 unspecified atom stereocenters. The smallest absolute Gasteiger partial charge is 0.301 e. The average Bonchev–Trinajstić information content (AvgIpc) is 3.77. The predicted molar refractivity (Wildman–Crippen MR) is 202 cm³/mol. The molecule has 1 atom stereocenters. The van der Waals surface area contributed by atoms with Crippen LogP contribution in [-0.2, 0) is 21.9 Å². The molecule has 262 valence electrons. The number of hydrogen-bond acceptors (Lipinski definition) is 11. The number of rotatable bonds is 12. The molecular weight excluding hydrogens is 699 g/mol. The van der Waals surface area contributed by atoms with Crippen LogP contribution in [0.1, 0.15) is 28.3 Å². The van der Waals surface area contributed by atoms with Crippen LogP contribution in [0.5, 0.6) is 23.0 Å². The van der Waals surface area contributed by atoms with E-state index < -0.39 is 17.7 Å². The van der Waals surface area contributed by atoms with Crippen molar-refractivity contribution >= 4 is 56.5 Å². The van der Waals surface area contributed by atoms with Gasteiger partial charge >= 0.3 is 5.91 Å². The third kappa shape index (κ3) is 6.78. The summed E-state index contributed by atoms with van der Waals surface area (Å²) in [5, 5.41) is 23.0. The number of carbonyl (C=O) groups excluding carboxylic acids is 2. The van der Waals surface area contributed by atoms with Crippen molar-refractivity contribution in [2.45, 2.75) is 22.7 Å². The highest BCUT2D eigenvalue weighted by atomic mass is 32.2. The molecule has 12 heteroatoms. The monoisotopic (exact) mass is 731 g/mol. The largest absolute Gasteiger partial charge is 0.507 e. The lowest BCUT2D eigenvalue weighted by atomic mass is 9.95. The van der Waals surface area contributed by atoms with Gasteiger partial charge in [-0.15, -0.1) is 10.2 Å². The highest BCUT2D eigenvalue weighted by Crippen LogP contribution is 2.46. The van der Waals surface area contributed by atoms with Gasteiger partial charge in [-0.05, 0) is 57.8 Å². The molecule has 1 aliphatic heterocycles. The van der Waals surface area contributed by atoms with Crippen molar-refractivity contribution in [3.63, 3.8) is 0 Å². The number of aromatic nitrogens is 2.